The van der Waals surface area contributed by atoms with E-state index in [0.717, 1.165) is 30.9 Å². The Morgan fingerprint density at radius 3 is 2.62 bits per heavy atom. The number of aryl methyl sites for hydroxylation is 1. The van der Waals surface area contributed by atoms with Crippen molar-refractivity contribution in [3.8, 4) is 5.75 Å². The van der Waals surface area contributed by atoms with E-state index in [2.05, 4.69) is 38.2 Å². The fraction of sp³-hybridized carbons (Fsp3) is 0.444. The lowest BCUT2D eigenvalue weighted by Gasteiger charge is -2.22. The van der Waals surface area contributed by atoms with E-state index >= 15 is 0 Å². The average molecular weight is 287 g/mol. The highest BCUT2D eigenvalue weighted by Gasteiger charge is 2.16. The van der Waals surface area contributed by atoms with E-state index in [9.17, 15) is 0 Å². The third kappa shape index (κ3) is 4.64. The summed E-state index contributed by atoms with van der Waals surface area (Å²) in [5.74, 6) is 2.00. The Kier molecular flexibility index (Phi) is 5.88. The molecule has 0 spiro atoms. The lowest BCUT2D eigenvalue weighted by atomic mass is 10.00. The van der Waals surface area contributed by atoms with Gasteiger partial charge in [-0.1, -0.05) is 25.1 Å². The molecule has 0 saturated heterocycles. The fourth-order valence-electron chi connectivity index (χ4n) is 2.49. The zero-order valence-corrected chi connectivity index (χ0v) is 13.1. The topological polar surface area (TPSA) is 34.4 Å². The van der Waals surface area contributed by atoms with Crippen LogP contribution in [0.4, 0.5) is 0 Å². The van der Waals surface area contributed by atoms with Crippen molar-refractivity contribution in [3.05, 3.63) is 54.0 Å². The van der Waals surface area contributed by atoms with Crippen LogP contribution in [0.3, 0.4) is 0 Å². The largest absolute Gasteiger partial charge is 0.491 e. The van der Waals surface area contributed by atoms with Gasteiger partial charge in [0.05, 0.1) is 12.4 Å². The van der Waals surface area contributed by atoms with Crippen LogP contribution in [0, 0.1) is 0 Å². The number of hydrogen-bond acceptors (Lipinski definition) is 3. The summed E-state index contributed by atoms with van der Waals surface area (Å²) < 4.78 is 11.4. The van der Waals surface area contributed by atoms with E-state index < -0.39 is 0 Å². The van der Waals surface area contributed by atoms with Gasteiger partial charge in [-0.3, -0.25) is 0 Å². The van der Waals surface area contributed by atoms with Crippen molar-refractivity contribution < 1.29 is 9.15 Å². The van der Waals surface area contributed by atoms with E-state index in [-0.39, 0.29) is 12.1 Å². The van der Waals surface area contributed by atoms with Crippen molar-refractivity contribution in [2.45, 2.75) is 45.8 Å². The molecule has 3 nitrogen and oxygen atoms in total. The summed E-state index contributed by atoms with van der Waals surface area (Å²) in [6.07, 6.45) is 3.81. The molecule has 0 amide bonds. The van der Waals surface area contributed by atoms with Gasteiger partial charge < -0.3 is 14.5 Å². The molecule has 2 aromatic rings. The van der Waals surface area contributed by atoms with Gasteiger partial charge in [0, 0.05) is 18.0 Å². The molecule has 0 aliphatic heterocycles. The van der Waals surface area contributed by atoms with Crippen LogP contribution in [0.2, 0.25) is 0 Å². The summed E-state index contributed by atoms with van der Waals surface area (Å²) in [6.45, 7) is 7.18. The van der Waals surface area contributed by atoms with Crippen molar-refractivity contribution in [1.82, 2.24) is 5.32 Å². The Balaban J connectivity index is 2.13. The quantitative estimate of drug-likeness (QED) is 0.783. The Morgan fingerprint density at radius 1 is 1.14 bits per heavy atom. The Labute approximate surface area is 127 Å². The number of ether oxygens (including phenoxy) is 1. The second-order valence-corrected chi connectivity index (χ2v) is 5.43. The number of nitrogens with one attached hydrogen (secondary N) is 1. The van der Waals surface area contributed by atoms with Gasteiger partial charge in [0.1, 0.15) is 11.5 Å². The number of benzene rings is 1. The first-order chi connectivity index (χ1) is 10.2. The first-order valence-corrected chi connectivity index (χ1v) is 7.72. The first kappa shape index (κ1) is 15.6. The minimum absolute atomic E-state index is 0.179. The molecular weight excluding hydrogens is 262 g/mol. The van der Waals surface area contributed by atoms with Crippen LogP contribution < -0.4 is 10.1 Å². The van der Waals surface area contributed by atoms with Crippen LogP contribution in [-0.2, 0) is 6.42 Å². The molecule has 3 heteroatoms. The predicted molar refractivity (Wildman–Crippen MR) is 85.7 cm³/mol. The van der Waals surface area contributed by atoms with Crippen molar-refractivity contribution in [3.63, 3.8) is 0 Å². The molecule has 1 aromatic heterocycles. The summed E-state index contributed by atoms with van der Waals surface area (Å²) in [4.78, 5) is 0. The number of hydrogen-bond donors (Lipinski definition) is 1. The van der Waals surface area contributed by atoms with Gasteiger partial charge in [-0.05, 0) is 45.0 Å². The minimum atomic E-state index is 0.179. The molecule has 0 radical (unpaired) electrons. The number of rotatable bonds is 8. The second-order valence-electron chi connectivity index (χ2n) is 5.43. The molecule has 0 saturated carbocycles. The number of furan rings is 1. The first-order valence-electron chi connectivity index (χ1n) is 7.72. The Bertz CT molecular complexity index is 520. The summed E-state index contributed by atoms with van der Waals surface area (Å²) in [6, 6.07) is 12.5. The molecule has 1 atom stereocenters. The monoisotopic (exact) mass is 287 g/mol. The highest BCUT2D eigenvalue weighted by atomic mass is 16.5. The van der Waals surface area contributed by atoms with E-state index in [4.69, 9.17) is 9.15 Å². The molecule has 2 rings (SSSR count). The molecular formula is C18H25NO2. The zero-order chi connectivity index (χ0) is 15.1. The lowest BCUT2D eigenvalue weighted by Crippen LogP contribution is -2.22. The maximum absolute atomic E-state index is 5.95. The van der Waals surface area contributed by atoms with Gasteiger partial charge in [-0.2, -0.15) is 0 Å². The van der Waals surface area contributed by atoms with Crippen LogP contribution in [0.15, 0.2) is 47.1 Å². The minimum Gasteiger partial charge on any atom is -0.491 e. The maximum atomic E-state index is 5.95. The van der Waals surface area contributed by atoms with E-state index in [1.807, 2.05) is 24.3 Å². The van der Waals surface area contributed by atoms with Crippen LogP contribution in [0.5, 0.6) is 5.75 Å². The van der Waals surface area contributed by atoms with E-state index in [1.165, 1.54) is 5.56 Å². The van der Waals surface area contributed by atoms with Gasteiger partial charge in [0.2, 0.25) is 0 Å². The standard InChI is InChI=1S/C18H25NO2/c1-4-19-17(12-11-15-8-7-13-20-15)16-9-5-6-10-18(16)21-14(2)3/h5-10,13-14,17,19H,4,11-12H2,1-3H3. The smallest absolute Gasteiger partial charge is 0.124 e. The van der Waals surface area contributed by atoms with Crippen LogP contribution in [0.1, 0.15) is 44.6 Å². The van der Waals surface area contributed by atoms with E-state index in [1.54, 1.807) is 6.26 Å². The normalized spacial score (nSPS) is 12.6. The van der Waals surface area contributed by atoms with Crippen LogP contribution >= 0.6 is 0 Å². The van der Waals surface area contributed by atoms with Gasteiger partial charge in [-0.15, -0.1) is 0 Å². The van der Waals surface area contributed by atoms with E-state index in [0.29, 0.717) is 0 Å². The van der Waals surface area contributed by atoms with Crippen LogP contribution in [0.25, 0.3) is 0 Å². The molecule has 1 aromatic carbocycles. The predicted octanol–water partition coefficient (Wildman–Crippen LogP) is 4.35. The molecule has 1 N–H and O–H groups in total. The van der Waals surface area contributed by atoms with Gasteiger partial charge >= 0.3 is 0 Å². The highest BCUT2D eigenvalue weighted by Crippen LogP contribution is 2.29. The molecule has 0 fully saturated rings. The molecule has 21 heavy (non-hydrogen) atoms. The molecule has 1 heterocycles. The molecule has 0 aliphatic carbocycles. The summed E-state index contributed by atoms with van der Waals surface area (Å²) in [7, 11) is 0. The zero-order valence-electron chi connectivity index (χ0n) is 13.1. The highest BCUT2D eigenvalue weighted by molar-refractivity contribution is 5.36. The molecule has 0 bridgehead atoms. The van der Waals surface area contributed by atoms with Crippen molar-refractivity contribution >= 4 is 0 Å². The Morgan fingerprint density at radius 2 is 1.95 bits per heavy atom. The third-order valence-electron chi connectivity index (χ3n) is 3.37. The molecule has 0 aliphatic rings. The lowest BCUT2D eigenvalue weighted by molar-refractivity contribution is 0.237. The second kappa shape index (κ2) is 7.89. The Hall–Kier alpha value is -1.74. The van der Waals surface area contributed by atoms with Crippen LogP contribution in [-0.4, -0.2) is 12.6 Å². The molecule has 114 valence electrons. The fourth-order valence-corrected chi connectivity index (χ4v) is 2.49. The van der Waals surface area contributed by atoms with Gasteiger partial charge in [-0.25, -0.2) is 0 Å². The number of para-hydroxylation sites is 1. The van der Waals surface area contributed by atoms with Crippen molar-refractivity contribution in [1.29, 1.82) is 0 Å². The SMILES string of the molecule is CCNC(CCc1ccco1)c1ccccc1OC(C)C. The van der Waals surface area contributed by atoms with Gasteiger partial charge in [0.25, 0.3) is 0 Å². The van der Waals surface area contributed by atoms with Crippen molar-refractivity contribution in [2.75, 3.05) is 6.54 Å². The van der Waals surface area contributed by atoms with Crippen molar-refractivity contribution in [2.24, 2.45) is 0 Å². The average Bonchev–Trinajstić information content (AvgIpc) is 2.97. The maximum Gasteiger partial charge on any atom is 0.124 e. The van der Waals surface area contributed by atoms with Gasteiger partial charge in [0.15, 0.2) is 0 Å². The third-order valence-corrected chi connectivity index (χ3v) is 3.37. The summed E-state index contributed by atoms with van der Waals surface area (Å²) >= 11 is 0. The molecule has 1 unspecified atom stereocenters. The summed E-state index contributed by atoms with van der Waals surface area (Å²) in [5.41, 5.74) is 1.22. The summed E-state index contributed by atoms with van der Waals surface area (Å²) in [5, 5.41) is 3.55.